The van der Waals surface area contributed by atoms with Gasteiger partial charge in [-0.05, 0) is 25.0 Å². The molecule has 0 aliphatic heterocycles. The third kappa shape index (κ3) is 5.58. The monoisotopic (exact) mass is 310 g/mol. The van der Waals surface area contributed by atoms with Crippen LogP contribution in [0.2, 0.25) is 0 Å². The Morgan fingerprint density at radius 1 is 0.957 bits per heavy atom. The Balaban J connectivity index is 1.76. The Bertz CT molecular complexity index is 651. The molecule has 23 heavy (non-hydrogen) atoms. The second-order valence-electron chi connectivity index (χ2n) is 5.64. The zero-order chi connectivity index (χ0) is 16.7. The average molecular weight is 310 g/mol. The minimum Gasteiger partial charge on any atom is -0.352 e. The summed E-state index contributed by atoms with van der Waals surface area (Å²) in [6, 6.07) is 17.5. The molecule has 1 atom stereocenters. The molecule has 0 heterocycles. The van der Waals surface area contributed by atoms with Crippen LogP contribution in [0, 0.1) is 6.92 Å². The van der Waals surface area contributed by atoms with Crippen LogP contribution < -0.4 is 10.6 Å². The zero-order valence-corrected chi connectivity index (χ0v) is 13.5. The Kier molecular flexibility index (Phi) is 5.92. The number of benzene rings is 2. The summed E-state index contributed by atoms with van der Waals surface area (Å²) >= 11 is 0. The highest BCUT2D eigenvalue weighted by molar-refractivity contribution is 5.96. The Labute approximate surface area is 136 Å². The number of hydrogen-bond donors (Lipinski definition) is 2. The van der Waals surface area contributed by atoms with Crippen molar-refractivity contribution in [3.63, 3.8) is 0 Å². The molecule has 0 aliphatic carbocycles. The van der Waals surface area contributed by atoms with E-state index in [1.165, 1.54) is 5.56 Å². The molecule has 0 radical (unpaired) electrons. The van der Waals surface area contributed by atoms with Gasteiger partial charge >= 0.3 is 0 Å². The third-order valence-electron chi connectivity index (χ3n) is 3.61. The van der Waals surface area contributed by atoms with Gasteiger partial charge in [0.15, 0.2) is 0 Å². The van der Waals surface area contributed by atoms with Crippen molar-refractivity contribution in [1.29, 1.82) is 0 Å². The summed E-state index contributed by atoms with van der Waals surface area (Å²) < 4.78 is 0. The van der Waals surface area contributed by atoms with E-state index in [9.17, 15) is 9.59 Å². The van der Waals surface area contributed by atoms with Crippen LogP contribution in [0.3, 0.4) is 0 Å². The fourth-order valence-corrected chi connectivity index (χ4v) is 2.23. The van der Waals surface area contributed by atoms with Crippen molar-refractivity contribution in [3.05, 3.63) is 71.3 Å². The fraction of sp³-hybridized carbons (Fsp3) is 0.263. The third-order valence-corrected chi connectivity index (χ3v) is 3.61. The number of carbonyl (C=O) groups is 2. The maximum Gasteiger partial charge on any atom is 0.229 e. The van der Waals surface area contributed by atoms with Crippen LogP contribution in [0.1, 0.15) is 36.1 Å². The van der Waals surface area contributed by atoms with Crippen LogP contribution in [0.4, 0.5) is 0 Å². The highest BCUT2D eigenvalue weighted by Gasteiger charge is 2.13. The van der Waals surface area contributed by atoms with Gasteiger partial charge in [-0.2, -0.15) is 0 Å². The van der Waals surface area contributed by atoms with E-state index < -0.39 is 0 Å². The lowest BCUT2D eigenvalue weighted by Crippen LogP contribution is -2.33. The number of rotatable bonds is 6. The lowest BCUT2D eigenvalue weighted by atomic mass is 10.1. The summed E-state index contributed by atoms with van der Waals surface area (Å²) in [4.78, 5) is 23.8. The smallest absolute Gasteiger partial charge is 0.229 e. The Morgan fingerprint density at radius 3 is 2.26 bits per heavy atom. The first-order chi connectivity index (χ1) is 11.0. The first-order valence-electron chi connectivity index (χ1n) is 7.71. The summed E-state index contributed by atoms with van der Waals surface area (Å²) in [5, 5.41) is 5.60. The number of amides is 2. The van der Waals surface area contributed by atoms with E-state index in [0.717, 1.165) is 11.1 Å². The van der Waals surface area contributed by atoms with E-state index in [-0.39, 0.29) is 24.3 Å². The van der Waals surface area contributed by atoms with Crippen LogP contribution in [0.5, 0.6) is 0 Å². The molecule has 4 heteroatoms. The fourth-order valence-electron chi connectivity index (χ4n) is 2.23. The molecular weight excluding hydrogens is 288 g/mol. The van der Waals surface area contributed by atoms with Gasteiger partial charge in [0.2, 0.25) is 11.8 Å². The number of hydrogen-bond acceptors (Lipinski definition) is 2. The van der Waals surface area contributed by atoms with Crippen LogP contribution >= 0.6 is 0 Å². The molecular formula is C19H22N2O2. The maximum atomic E-state index is 11.9. The minimum absolute atomic E-state index is 0.117. The lowest BCUT2D eigenvalue weighted by molar-refractivity contribution is -0.129. The molecule has 0 saturated heterocycles. The standard InChI is InChI=1S/C19H22N2O2/c1-14-8-10-16(11-9-14)13-20-18(22)12-19(23)21-15(2)17-6-4-3-5-7-17/h3-11,15H,12-13H2,1-2H3,(H,20,22)(H,21,23). The van der Waals surface area contributed by atoms with Gasteiger partial charge in [-0.25, -0.2) is 0 Å². The molecule has 0 spiro atoms. The van der Waals surface area contributed by atoms with Gasteiger partial charge in [0, 0.05) is 6.54 Å². The van der Waals surface area contributed by atoms with E-state index in [0.29, 0.717) is 6.54 Å². The molecule has 0 bridgehead atoms. The molecule has 2 N–H and O–H groups in total. The lowest BCUT2D eigenvalue weighted by Gasteiger charge is -2.14. The highest BCUT2D eigenvalue weighted by atomic mass is 16.2. The SMILES string of the molecule is Cc1ccc(CNC(=O)CC(=O)NC(C)c2ccccc2)cc1. The first-order valence-corrected chi connectivity index (χ1v) is 7.71. The van der Waals surface area contributed by atoms with Crippen LogP contribution in [-0.4, -0.2) is 11.8 Å². The molecule has 0 saturated carbocycles. The number of carbonyl (C=O) groups excluding carboxylic acids is 2. The molecule has 120 valence electrons. The van der Waals surface area contributed by atoms with Gasteiger partial charge in [-0.3, -0.25) is 9.59 Å². The van der Waals surface area contributed by atoms with Gasteiger partial charge in [0.1, 0.15) is 6.42 Å². The van der Waals surface area contributed by atoms with Crippen molar-refractivity contribution in [1.82, 2.24) is 10.6 Å². The predicted molar refractivity (Wildman–Crippen MR) is 90.6 cm³/mol. The van der Waals surface area contributed by atoms with Crippen LogP contribution in [0.25, 0.3) is 0 Å². The molecule has 0 aliphatic rings. The topological polar surface area (TPSA) is 58.2 Å². The number of aryl methyl sites for hydroxylation is 1. The quantitative estimate of drug-likeness (QED) is 0.806. The van der Waals surface area contributed by atoms with E-state index >= 15 is 0 Å². The normalized spacial score (nSPS) is 11.6. The van der Waals surface area contributed by atoms with Crippen molar-refractivity contribution in [2.45, 2.75) is 32.9 Å². The minimum atomic E-state index is -0.275. The molecule has 2 rings (SSSR count). The van der Waals surface area contributed by atoms with E-state index in [4.69, 9.17) is 0 Å². The summed E-state index contributed by atoms with van der Waals surface area (Å²) in [7, 11) is 0. The molecule has 4 nitrogen and oxygen atoms in total. The van der Waals surface area contributed by atoms with E-state index in [1.54, 1.807) is 0 Å². The average Bonchev–Trinajstić information content (AvgIpc) is 2.55. The highest BCUT2D eigenvalue weighted by Crippen LogP contribution is 2.11. The molecule has 2 aromatic rings. The van der Waals surface area contributed by atoms with Crippen LogP contribution in [-0.2, 0) is 16.1 Å². The first kappa shape index (κ1) is 16.7. The van der Waals surface area contributed by atoms with Gasteiger partial charge in [-0.15, -0.1) is 0 Å². The molecule has 0 fully saturated rings. The Morgan fingerprint density at radius 2 is 1.61 bits per heavy atom. The summed E-state index contributed by atoms with van der Waals surface area (Å²) in [6.07, 6.45) is -0.164. The molecule has 2 aromatic carbocycles. The molecule has 1 unspecified atom stereocenters. The van der Waals surface area contributed by atoms with Gasteiger partial charge < -0.3 is 10.6 Å². The van der Waals surface area contributed by atoms with Crippen molar-refractivity contribution >= 4 is 11.8 Å². The van der Waals surface area contributed by atoms with Crippen LogP contribution in [0.15, 0.2) is 54.6 Å². The number of nitrogens with one attached hydrogen (secondary N) is 2. The van der Waals surface area contributed by atoms with Crippen molar-refractivity contribution in [2.24, 2.45) is 0 Å². The second kappa shape index (κ2) is 8.13. The zero-order valence-electron chi connectivity index (χ0n) is 13.5. The largest absolute Gasteiger partial charge is 0.352 e. The van der Waals surface area contributed by atoms with Crippen molar-refractivity contribution < 1.29 is 9.59 Å². The van der Waals surface area contributed by atoms with E-state index in [2.05, 4.69) is 10.6 Å². The molecule has 2 amide bonds. The van der Waals surface area contributed by atoms with Crippen molar-refractivity contribution in [2.75, 3.05) is 0 Å². The molecule has 0 aromatic heterocycles. The van der Waals surface area contributed by atoms with Gasteiger partial charge in [-0.1, -0.05) is 60.2 Å². The predicted octanol–water partition coefficient (Wildman–Crippen LogP) is 2.88. The Hall–Kier alpha value is -2.62. The van der Waals surface area contributed by atoms with E-state index in [1.807, 2.05) is 68.4 Å². The summed E-state index contributed by atoms with van der Waals surface area (Å²) in [5.74, 6) is -0.550. The summed E-state index contributed by atoms with van der Waals surface area (Å²) in [6.45, 7) is 4.35. The summed E-state index contributed by atoms with van der Waals surface area (Å²) in [5.41, 5.74) is 3.21. The maximum absolute atomic E-state index is 11.9. The van der Waals surface area contributed by atoms with Gasteiger partial charge in [0.05, 0.1) is 6.04 Å². The van der Waals surface area contributed by atoms with Gasteiger partial charge in [0.25, 0.3) is 0 Å². The second-order valence-corrected chi connectivity index (χ2v) is 5.64. The van der Waals surface area contributed by atoms with Crippen molar-refractivity contribution in [3.8, 4) is 0 Å².